The van der Waals surface area contributed by atoms with Crippen LogP contribution in [-0.4, -0.2) is 23.1 Å². The Hall–Kier alpha value is -4.32. The Bertz CT molecular complexity index is 1530. The van der Waals surface area contributed by atoms with Crippen LogP contribution >= 0.6 is 22.9 Å². The number of carbonyl (C=O) groups is 2. The first kappa shape index (κ1) is 28.7. The number of thiophene rings is 1. The summed E-state index contributed by atoms with van der Waals surface area (Å²) in [4.78, 5) is 31.7. The second-order valence-electron chi connectivity index (χ2n) is 8.86. The Morgan fingerprint density at radius 1 is 1.00 bits per heavy atom. The summed E-state index contributed by atoms with van der Waals surface area (Å²) < 4.78 is 18.9. The van der Waals surface area contributed by atoms with Crippen molar-refractivity contribution in [1.82, 2.24) is 5.06 Å². The smallest absolute Gasteiger partial charge is 0.349 e. The molecule has 0 aliphatic carbocycles. The van der Waals surface area contributed by atoms with E-state index in [-0.39, 0.29) is 12.2 Å². The molecule has 2 amide bonds. The molecule has 1 atom stereocenters. The number of hydrogen-bond donors (Lipinski definition) is 1. The number of carbonyl (C=O) groups excluding carboxylic acids is 2. The number of primary amides is 1. The standard InChI is InChI=1S/C31H26ClFN2O4S/c1-21(7-13-26-14-15-27(40-26)17-22-8-11-25(33)12-9-22)35(31(34)37)39-30(36)19-24-10-16-29(28(32)18-24)38-20-23-5-3-2-4-6-23/h2-6,8-12,14-16,18,21H,17,19-20H2,1H3,(H2,34,37). The molecule has 3 aromatic carbocycles. The first-order chi connectivity index (χ1) is 19.3. The third kappa shape index (κ3) is 8.34. The van der Waals surface area contributed by atoms with Gasteiger partial charge in [-0.3, -0.25) is 0 Å². The second-order valence-corrected chi connectivity index (χ2v) is 10.4. The van der Waals surface area contributed by atoms with Gasteiger partial charge in [0.2, 0.25) is 0 Å². The van der Waals surface area contributed by atoms with E-state index in [2.05, 4.69) is 11.8 Å². The van der Waals surface area contributed by atoms with E-state index in [0.717, 1.165) is 25.9 Å². The Kier molecular flexibility index (Phi) is 9.79. The van der Waals surface area contributed by atoms with Crippen LogP contribution < -0.4 is 10.5 Å². The predicted molar refractivity (Wildman–Crippen MR) is 153 cm³/mol. The maximum Gasteiger partial charge on any atom is 0.349 e. The van der Waals surface area contributed by atoms with Crippen LogP contribution in [0.3, 0.4) is 0 Å². The highest BCUT2D eigenvalue weighted by Crippen LogP contribution is 2.27. The van der Waals surface area contributed by atoms with Crippen molar-refractivity contribution in [3.8, 4) is 17.6 Å². The molecule has 0 fully saturated rings. The van der Waals surface area contributed by atoms with Gasteiger partial charge in [0.25, 0.3) is 0 Å². The van der Waals surface area contributed by atoms with Gasteiger partial charge in [0, 0.05) is 11.3 Å². The van der Waals surface area contributed by atoms with E-state index < -0.39 is 18.0 Å². The third-order valence-electron chi connectivity index (χ3n) is 5.71. The predicted octanol–water partition coefficient (Wildman–Crippen LogP) is 6.53. The largest absolute Gasteiger partial charge is 0.487 e. The van der Waals surface area contributed by atoms with Crippen LogP contribution in [0.1, 0.15) is 33.4 Å². The molecule has 1 unspecified atom stereocenters. The summed E-state index contributed by atoms with van der Waals surface area (Å²) in [5, 5.41) is 1.10. The lowest BCUT2D eigenvalue weighted by molar-refractivity contribution is -0.178. The number of hydrogen-bond acceptors (Lipinski definition) is 5. The SMILES string of the molecule is CC(C#Cc1ccc(Cc2ccc(F)cc2)s1)N(OC(=O)Cc1ccc(OCc2ccccc2)c(Cl)c1)C(N)=O. The van der Waals surface area contributed by atoms with Crippen molar-refractivity contribution in [2.75, 3.05) is 0 Å². The summed E-state index contributed by atoms with van der Waals surface area (Å²) >= 11 is 7.83. The summed E-state index contributed by atoms with van der Waals surface area (Å²) in [7, 11) is 0. The molecule has 0 saturated carbocycles. The fraction of sp³-hybridized carbons (Fsp3) is 0.161. The zero-order valence-corrected chi connectivity index (χ0v) is 23.2. The van der Waals surface area contributed by atoms with Gasteiger partial charge in [-0.15, -0.1) is 16.4 Å². The van der Waals surface area contributed by atoms with Gasteiger partial charge >= 0.3 is 12.0 Å². The molecule has 1 aromatic heterocycles. The molecule has 4 aromatic rings. The van der Waals surface area contributed by atoms with Gasteiger partial charge < -0.3 is 15.3 Å². The summed E-state index contributed by atoms with van der Waals surface area (Å²) in [5.41, 5.74) is 8.02. The number of benzene rings is 3. The molecule has 0 bridgehead atoms. The molecular weight excluding hydrogens is 551 g/mol. The maximum absolute atomic E-state index is 13.1. The van der Waals surface area contributed by atoms with E-state index >= 15 is 0 Å². The van der Waals surface area contributed by atoms with Gasteiger partial charge in [-0.25, -0.2) is 14.0 Å². The Labute approximate surface area is 241 Å². The lowest BCUT2D eigenvalue weighted by Gasteiger charge is -2.22. The van der Waals surface area contributed by atoms with E-state index in [4.69, 9.17) is 26.9 Å². The molecule has 40 heavy (non-hydrogen) atoms. The van der Waals surface area contributed by atoms with Crippen molar-refractivity contribution in [1.29, 1.82) is 0 Å². The molecule has 204 valence electrons. The first-order valence-electron chi connectivity index (χ1n) is 12.4. The lowest BCUT2D eigenvalue weighted by atomic mass is 10.1. The number of hydroxylamine groups is 2. The van der Waals surface area contributed by atoms with Gasteiger partial charge in [-0.05, 0) is 60.0 Å². The highest BCUT2D eigenvalue weighted by Gasteiger charge is 2.22. The van der Waals surface area contributed by atoms with Crippen LogP contribution in [0.15, 0.2) is 84.9 Å². The van der Waals surface area contributed by atoms with Crippen LogP contribution in [-0.2, 0) is 29.1 Å². The molecule has 0 radical (unpaired) electrons. The van der Waals surface area contributed by atoms with E-state index in [1.807, 2.05) is 42.5 Å². The molecule has 0 saturated heterocycles. The quantitative estimate of drug-likeness (QED) is 0.191. The second kappa shape index (κ2) is 13.7. The zero-order valence-electron chi connectivity index (χ0n) is 21.6. The first-order valence-corrected chi connectivity index (χ1v) is 13.6. The van der Waals surface area contributed by atoms with Crippen LogP contribution in [0.25, 0.3) is 0 Å². The van der Waals surface area contributed by atoms with Crippen LogP contribution in [0.4, 0.5) is 9.18 Å². The van der Waals surface area contributed by atoms with E-state index in [0.29, 0.717) is 29.4 Å². The van der Waals surface area contributed by atoms with E-state index in [1.54, 1.807) is 37.3 Å². The number of halogens is 2. The molecule has 4 rings (SSSR count). The number of nitrogens with two attached hydrogens (primary N) is 1. The summed E-state index contributed by atoms with van der Waals surface area (Å²) in [6, 6.07) is 23.1. The van der Waals surface area contributed by atoms with Gasteiger partial charge in [0.1, 0.15) is 24.2 Å². The van der Waals surface area contributed by atoms with E-state index in [9.17, 15) is 14.0 Å². The van der Waals surface area contributed by atoms with Gasteiger partial charge in [-0.2, -0.15) is 0 Å². The van der Waals surface area contributed by atoms with Gasteiger partial charge in [-0.1, -0.05) is 72.0 Å². The fourth-order valence-corrected chi connectivity index (χ4v) is 4.87. The van der Waals surface area contributed by atoms with Crippen LogP contribution in [0.5, 0.6) is 5.75 Å². The van der Waals surface area contributed by atoms with Crippen LogP contribution in [0.2, 0.25) is 5.02 Å². The average Bonchev–Trinajstić information content (AvgIpc) is 3.39. The number of nitrogens with zero attached hydrogens (tertiary/aromatic N) is 1. The number of amides is 2. The fourth-order valence-electron chi connectivity index (χ4n) is 3.71. The zero-order chi connectivity index (χ0) is 28.5. The van der Waals surface area contributed by atoms with Crippen molar-refractivity contribution in [3.05, 3.63) is 122 Å². The highest BCUT2D eigenvalue weighted by atomic mass is 35.5. The maximum atomic E-state index is 13.1. The van der Waals surface area contributed by atoms with Crippen molar-refractivity contribution in [2.45, 2.75) is 32.4 Å². The molecule has 9 heteroatoms. The Morgan fingerprint density at radius 3 is 2.42 bits per heavy atom. The van der Waals surface area contributed by atoms with Gasteiger partial charge in [0.15, 0.2) is 0 Å². The Balaban J connectivity index is 1.32. The number of urea groups is 1. The van der Waals surface area contributed by atoms with Gasteiger partial charge in [0.05, 0.1) is 16.3 Å². The highest BCUT2D eigenvalue weighted by molar-refractivity contribution is 7.12. The summed E-state index contributed by atoms with van der Waals surface area (Å²) in [6.45, 7) is 1.96. The minimum atomic E-state index is -0.943. The summed E-state index contributed by atoms with van der Waals surface area (Å²) in [6.07, 6.45) is 0.512. The van der Waals surface area contributed by atoms with E-state index in [1.165, 1.54) is 23.5 Å². The number of ether oxygens (including phenoxy) is 1. The monoisotopic (exact) mass is 576 g/mol. The summed E-state index contributed by atoms with van der Waals surface area (Å²) in [5.74, 6) is 5.41. The lowest BCUT2D eigenvalue weighted by Crippen LogP contribution is -2.43. The van der Waals surface area contributed by atoms with Crippen molar-refractivity contribution in [3.63, 3.8) is 0 Å². The number of rotatable bonds is 8. The molecule has 2 N–H and O–H groups in total. The van der Waals surface area contributed by atoms with Crippen LogP contribution in [0, 0.1) is 17.7 Å². The molecule has 6 nitrogen and oxygen atoms in total. The molecule has 0 aliphatic rings. The topological polar surface area (TPSA) is 81.9 Å². The third-order valence-corrected chi connectivity index (χ3v) is 7.00. The molecule has 0 aliphatic heterocycles. The van der Waals surface area contributed by atoms with Crippen molar-refractivity contribution in [2.24, 2.45) is 5.73 Å². The normalized spacial score (nSPS) is 11.2. The minimum Gasteiger partial charge on any atom is -0.487 e. The van der Waals surface area contributed by atoms with Crippen molar-refractivity contribution >= 4 is 34.9 Å². The average molecular weight is 577 g/mol. The minimum absolute atomic E-state index is 0.139. The molecule has 0 spiro atoms. The molecule has 1 heterocycles. The van der Waals surface area contributed by atoms with Crippen molar-refractivity contribution < 1.29 is 23.6 Å². The Morgan fingerprint density at radius 2 is 1.73 bits per heavy atom. The molecular formula is C31H26ClFN2O4S.